The molecular weight excluding hydrogens is 453 g/mol. The first-order valence-electron chi connectivity index (χ1n) is 10.6. The Bertz CT molecular complexity index is 1220. The summed E-state index contributed by atoms with van der Waals surface area (Å²) >= 11 is 0. The number of morpholine rings is 1. The summed E-state index contributed by atoms with van der Waals surface area (Å²) in [6.45, 7) is 1.35. The Kier molecular flexibility index (Phi) is 6.73. The highest BCUT2D eigenvalue weighted by molar-refractivity contribution is 5.89. The van der Waals surface area contributed by atoms with Gasteiger partial charge in [-0.2, -0.15) is 0 Å². The number of alkyl halides is 1. The van der Waals surface area contributed by atoms with E-state index in [-0.39, 0.29) is 36.5 Å². The van der Waals surface area contributed by atoms with Gasteiger partial charge in [0.15, 0.2) is 0 Å². The molecule has 3 aromatic rings. The van der Waals surface area contributed by atoms with E-state index in [9.17, 15) is 14.0 Å². The van der Waals surface area contributed by atoms with Gasteiger partial charge in [-0.05, 0) is 29.8 Å². The van der Waals surface area contributed by atoms with Crippen LogP contribution in [0.3, 0.4) is 0 Å². The summed E-state index contributed by atoms with van der Waals surface area (Å²) in [5.41, 5.74) is 0.728. The van der Waals surface area contributed by atoms with E-state index in [1.165, 1.54) is 25.0 Å². The summed E-state index contributed by atoms with van der Waals surface area (Å²) in [4.78, 5) is 29.1. The number of methoxy groups -OCH3 is 1. The van der Waals surface area contributed by atoms with Crippen LogP contribution in [0.4, 0.5) is 23.7 Å². The van der Waals surface area contributed by atoms with Gasteiger partial charge >= 0.3 is 6.09 Å². The topological polar surface area (TPSA) is 85.2 Å². The van der Waals surface area contributed by atoms with Gasteiger partial charge in [-0.1, -0.05) is 0 Å². The fraction of sp³-hybridized carbons (Fsp3) is 0.348. The van der Waals surface area contributed by atoms with E-state index in [4.69, 9.17) is 9.47 Å². The number of carbonyl (C=O) groups excluding carboxylic acids is 2. The van der Waals surface area contributed by atoms with E-state index in [2.05, 4.69) is 10.3 Å². The summed E-state index contributed by atoms with van der Waals surface area (Å²) in [7, 11) is 1.29. The van der Waals surface area contributed by atoms with Gasteiger partial charge in [0, 0.05) is 31.8 Å². The first kappa shape index (κ1) is 23.6. The van der Waals surface area contributed by atoms with Crippen molar-refractivity contribution in [2.24, 2.45) is 0 Å². The first-order chi connectivity index (χ1) is 16.3. The molecule has 3 heterocycles. The maximum Gasteiger partial charge on any atom is 0.409 e. The Hall–Kier alpha value is -3.60. The molecule has 1 atom stereocenters. The van der Waals surface area contributed by atoms with Crippen molar-refractivity contribution < 1.29 is 32.2 Å². The van der Waals surface area contributed by atoms with Crippen LogP contribution in [0.1, 0.15) is 18.2 Å². The van der Waals surface area contributed by atoms with Gasteiger partial charge in [0.2, 0.25) is 5.91 Å². The molecule has 0 aliphatic carbocycles. The lowest BCUT2D eigenvalue weighted by Gasteiger charge is -2.32. The Labute approximate surface area is 193 Å². The Balaban J connectivity index is 1.79. The third-order valence-electron chi connectivity index (χ3n) is 5.54. The predicted octanol–water partition coefficient (Wildman–Crippen LogP) is 3.72. The molecule has 34 heavy (non-hydrogen) atoms. The van der Waals surface area contributed by atoms with Crippen LogP contribution in [0.2, 0.25) is 0 Å². The highest BCUT2D eigenvalue weighted by Gasteiger charge is 2.29. The van der Waals surface area contributed by atoms with E-state index in [0.717, 1.165) is 12.1 Å². The van der Waals surface area contributed by atoms with Crippen molar-refractivity contribution in [1.82, 2.24) is 14.3 Å². The minimum Gasteiger partial charge on any atom is -0.453 e. The third kappa shape index (κ3) is 4.69. The number of anilines is 1. The fourth-order valence-electron chi connectivity index (χ4n) is 4.04. The van der Waals surface area contributed by atoms with Gasteiger partial charge in [0.05, 0.1) is 43.3 Å². The summed E-state index contributed by atoms with van der Waals surface area (Å²) in [6.07, 6.45) is 0.769. The zero-order chi connectivity index (χ0) is 24.4. The molecular formula is C23H23F3N4O4. The zero-order valence-electron chi connectivity index (χ0n) is 18.6. The number of halogens is 3. The van der Waals surface area contributed by atoms with Crippen molar-refractivity contribution >= 4 is 23.3 Å². The SMILES string of the molecule is COC(=O)N1CCO[C@@H](Cc2c(-c3c(F)cc(NC(C)=O)cc3F)nc3cc(CF)ccn23)C1. The van der Waals surface area contributed by atoms with Crippen LogP contribution >= 0.6 is 0 Å². The van der Waals surface area contributed by atoms with Crippen LogP contribution in [-0.2, 0) is 27.4 Å². The van der Waals surface area contributed by atoms with Gasteiger partial charge in [-0.15, -0.1) is 0 Å². The number of fused-ring (bicyclic) bond motifs is 1. The largest absolute Gasteiger partial charge is 0.453 e. The Morgan fingerprint density at radius 1 is 1.26 bits per heavy atom. The maximum absolute atomic E-state index is 15.1. The van der Waals surface area contributed by atoms with Crippen molar-refractivity contribution in [3.05, 3.63) is 53.4 Å². The summed E-state index contributed by atoms with van der Waals surface area (Å²) < 4.78 is 55.6. The number of hydrogen-bond donors (Lipinski definition) is 1. The molecule has 2 amide bonds. The Morgan fingerprint density at radius 3 is 2.65 bits per heavy atom. The molecule has 180 valence electrons. The van der Waals surface area contributed by atoms with E-state index in [1.807, 2.05) is 0 Å². The second-order valence-corrected chi connectivity index (χ2v) is 7.91. The molecule has 4 rings (SSSR count). The highest BCUT2D eigenvalue weighted by Crippen LogP contribution is 2.33. The quantitative estimate of drug-likeness (QED) is 0.607. The van der Waals surface area contributed by atoms with E-state index in [0.29, 0.717) is 23.4 Å². The van der Waals surface area contributed by atoms with Crippen molar-refractivity contribution in [2.75, 3.05) is 32.1 Å². The number of ether oxygens (including phenoxy) is 2. The third-order valence-corrected chi connectivity index (χ3v) is 5.54. The van der Waals surface area contributed by atoms with Gasteiger partial charge in [0.1, 0.15) is 24.0 Å². The minimum atomic E-state index is -0.917. The molecule has 1 N–H and O–H groups in total. The van der Waals surface area contributed by atoms with E-state index in [1.54, 1.807) is 16.7 Å². The monoisotopic (exact) mass is 476 g/mol. The fourth-order valence-corrected chi connectivity index (χ4v) is 4.04. The second kappa shape index (κ2) is 9.72. The molecule has 2 aromatic heterocycles. The van der Waals surface area contributed by atoms with Crippen LogP contribution in [0.5, 0.6) is 0 Å². The van der Waals surface area contributed by atoms with Crippen molar-refractivity contribution in [3.63, 3.8) is 0 Å². The number of carbonyl (C=O) groups is 2. The number of pyridine rings is 1. The van der Waals surface area contributed by atoms with Gasteiger partial charge in [0.25, 0.3) is 0 Å². The summed E-state index contributed by atoms with van der Waals surface area (Å²) in [5.74, 6) is -2.30. The summed E-state index contributed by atoms with van der Waals surface area (Å²) in [6, 6.07) is 5.07. The standard InChI is InChI=1S/C23H23F3N4O4/c1-13(31)27-15-8-17(25)21(18(26)9-15)22-19(30-4-3-14(11-24)7-20(30)28-22)10-16-12-29(5-6-34-16)23(32)33-2/h3-4,7-9,16H,5-6,10-12H2,1-2H3,(H,27,31)/t16-/m0/s1. The second-order valence-electron chi connectivity index (χ2n) is 7.91. The zero-order valence-corrected chi connectivity index (χ0v) is 18.6. The molecule has 8 nitrogen and oxygen atoms in total. The van der Waals surface area contributed by atoms with E-state index < -0.39 is 36.4 Å². The molecule has 0 unspecified atom stereocenters. The number of nitrogens with one attached hydrogen (secondary N) is 1. The van der Waals surface area contributed by atoms with Crippen molar-refractivity contribution in [2.45, 2.75) is 26.1 Å². The van der Waals surface area contributed by atoms with Crippen LogP contribution in [0.25, 0.3) is 16.9 Å². The lowest BCUT2D eigenvalue weighted by molar-refractivity contribution is -0.114. The molecule has 1 aliphatic rings. The van der Waals surface area contributed by atoms with Crippen LogP contribution < -0.4 is 5.32 Å². The number of amides is 2. The van der Waals surface area contributed by atoms with Crippen LogP contribution in [0, 0.1) is 11.6 Å². The Morgan fingerprint density at radius 2 is 2.00 bits per heavy atom. The molecule has 0 radical (unpaired) electrons. The predicted molar refractivity (Wildman–Crippen MR) is 117 cm³/mol. The molecule has 1 aliphatic heterocycles. The molecule has 0 spiro atoms. The number of rotatable bonds is 5. The lowest BCUT2D eigenvalue weighted by Crippen LogP contribution is -2.46. The van der Waals surface area contributed by atoms with Gasteiger partial charge in [-0.25, -0.2) is 22.9 Å². The van der Waals surface area contributed by atoms with Crippen molar-refractivity contribution in [1.29, 1.82) is 0 Å². The molecule has 0 saturated carbocycles. The van der Waals surface area contributed by atoms with Crippen LogP contribution in [0.15, 0.2) is 30.5 Å². The number of nitrogens with zero attached hydrogens (tertiary/aromatic N) is 3. The minimum absolute atomic E-state index is 0.0270. The smallest absolute Gasteiger partial charge is 0.409 e. The molecule has 1 fully saturated rings. The number of hydrogen-bond acceptors (Lipinski definition) is 5. The lowest BCUT2D eigenvalue weighted by atomic mass is 10.0. The van der Waals surface area contributed by atoms with Crippen LogP contribution in [-0.4, -0.2) is 59.2 Å². The van der Waals surface area contributed by atoms with Crippen molar-refractivity contribution in [3.8, 4) is 11.3 Å². The first-order valence-corrected chi connectivity index (χ1v) is 10.6. The van der Waals surface area contributed by atoms with Gasteiger partial charge < -0.3 is 24.1 Å². The highest BCUT2D eigenvalue weighted by atomic mass is 19.1. The molecule has 1 aromatic carbocycles. The number of imidazole rings is 1. The maximum atomic E-state index is 15.1. The normalized spacial score (nSPS) is 16.0. The van der Waals surface area contributed by atoms with Gasteiger partial charge in [-0.3, -0.25) is 4.79 Å². The summed E-state index contributed by atoms with van der Waals surface area (Å²) in [5, 5.41) is 2.35. The molecule has 0 bridgehead atoms. The number of aromatic nitrogens is 2. The molecule has 1 saturated heterocycles. The average Bonchev–Trinajstić information content (AvgIpc) is 3.14. The molecule has 11 heteroatoms. The van der Waals surface area contributed by atoms with E-state index >= 15 is 8.78 Å². The average molecular weight is 476 g/mol. The number of benzene rings is 1.